The summed E-state index contributed by atoms with van der Waals surface area (Å²) in [6, 6.07) is 18.3. The highest BCUT2D eigenvalue weighted by atomic mass is 79.9. The Morgan fingerprint density at radius 3 is 2.38 bits per heavy atom. The van der Waals surface area contributed by atoms with Crippen LogP contribution in [0.1, 0.15) is 35.4 Å². The zero-order valence-corrected chi connectivity index (χ0v) is 22.1. The fourth-order valence-electron chi connectivity index (χ4n) is 4.16. The molecule has 0 aromatic heterocycles. The van der Waals surface area contributed by atoms with Crippen LogP contribution < -0.4 is 14.2 Å². The van der Waals surface area contributed by atoms with Crippen LogP contribution in [0.5, 0.6) is 17.2 Å². The van der Waals surface area contributed by atoms with Crippen molar-refractivity contribution in [3.8, 4) is 17.2 Å². The number of methoxy groups -OCH3 is 2. The molecule has 5 nitrogen and oxygen atoms in total. The first-order valence-electron chi connectivity index (χ1n) is 9.97. The SMILES string of the molecule is COc1ccc([C@H]2Oc3c(Br)cc(Br)cc3[C@@H]3CC(c4ccc(Br)cc4)=NN23)cc1OC. The molecule has 0 N–H and O–H groups in total. The number of nitrogens with zero attached hydrogens (tertiary/aromatic N) is 2. The number of fused-ring (bicyclic) bond motifs is 3. The van der Waals surface area contributed by atoms with Crippen LogP contribution in [0.25, 0.3) is 0 Å². The maximum absolute atomic E-state index is 6.54. The fourth-order valence-corrected chi connectivity index (χ4v) is 5.77. The molecule has 2 aliphatic rings. The third kappa shape index (κ3) is 3.82. The number of hydrazone groups is 1. The van der Waals surface area contributed by atoms with E-state index >= 15 is 0 Å². The van der Waals surface area contributed by atoms with E-state index in [1.165, 1.54) is 0 Å². The second-order valence-electron chi connectivity index (χ2n) is 7.54. The Balaban J connectivity index is 1.62. The number of benzene rings is 3. The van der Waals surface area contributed by atoms with Gasteiger partial charge in [-0.25, -0.2) is 5.01 Å². The first-order valence-corrected chi connectivity index (χ1v) is 12.4. The minimum Gasteiger partial charge on any atom is -0.493 e. The Labute approximate surface area is 211 Å². The van der Waals surface area contributed by atoms with Crippen LogP contribution in [0.15, 0.2) is 73.1 Å². The summed E-state index contributed by atoms with van der Waals surface area (Å²) < 4.78 is 20.4. The summed E-state index contributed by atoms with van der Waals surface area (Å²) in [6.45, 7) is 0. The first-order chi connectivity index (χ1) is 15.5. The van der Waals surface area contributed by atoms with Gasteiger partial charge in [-0.3, -0.25) is 0 Å². The molecule has 3 aromatic rings. The van der Waals surface area contributed by atoms with E-state index in [1.807, 2.05) is 36.4 Å². The molecule has 2 aliphatic heterocycles. The number of ether oxygens (including phenoxy) is 3. The van der Waals surface area contributed by atoms with Crippen molar-refractivity contribution in [1.82, 2.24) is 5.01 Å². The molecule has 0 aliphatic carbocycles. The van der Waals surface area contributed by atoms with Crippen LogP contribution in [-0.4, -0.2) is 24.9 Å². The largest absolute Gasteiger partial charge is 0.493 e. The van der Waals surface area contributed by atoms with Gasteiger partial charge in [-0.05, 0) is 64.0 Å². The van der Waals surface area contributed by atoms with Gasteiger partial charge in [0.15, 0.2) is 11.5 Å². The second-order valence-corrected chi connectivity index (χ2v) is 10.2. The van der Waals surface area contributed by atoms with E-state index < -0.39 is 6.23 Å². The van der Waals surface area contributed by atoms with E-state index in [9.17, 15) is 0 Å². The van der Waals surface area contributed by atoms with E-state index in [0.717, 1.165) is 48.0 Å². The minimum absolute atomic E-state index is 0.0456. The zero-order chi connectivity index (χ0) is 22.4. The smallest absolute Gasteiger partial charge is 0.214 e. The third-order valence-electron chi connectivity index (χ3n) is 5.68. The zero-order valence-electron chi connectivity index (χ0n) is 17.3. The Hall–Kier alpha value is -2.03. The third-order valence-corrected chi connectivity index (χ3v) is 7.25. The Morgan fingerprint density at radius 2 is 1.66 bits per heavy atom. The van der Waals surface area contributed by atoms with Gasteiger partial charge < -0.3 is 14.2 Å². The molecule has 0 amide bonds. The van der Waals surface area contributed by atoms with Crippen LogP contribution >= 0.6 is 47.8 Å². The predicted molar refractivity (Wildman–Crippen MR) is 135 cm³/mol. The topological polar surface area (TPSA) is 43.3 Å². The normalized spacial score (nSPS) is 19.0. The van der Waals surface area contributed by atoms with Crippen molar-refractivity contribution >= 4 is 53.5 Å². The molecule has 164 valence electrons. The van der Waals surface area contributed by atoms with Crippen molar-refractivity contribution in [2.24, 2.45) is 5.10 Å². The molecule has 2 atom stereocenters. The van der Waals surface area contributed by atoms with Crippen molar-refractivity contribution in [1.29, 1.82) is 0 Å². The summed E-state index contributed by atoms with van der Waals surface area (Å²) >= 11 is 10.8. The lowest BCUT2D eigenvalue weighted by atomic mass is 9.96. The Bertz CT molecular complexity index is 1210. The minimum atomic E-state index is -0.405. The van der Waals surface area contributed by atoms with Gasteiger partial charge in [-0.1, -0.05) is 44.0 Å². The molecule has 2 heterocycles. The summed E-state index contributed by atoms with van der Waals surface area (Å²) in [5.74, 6) is 2.17. The lowest BCUT2D eigenvalue weighted by molar-refractivity contribution is -0.0198. The van der Waals surface area contributed by atoms with Gasteiger partial charge >= 0.3 is 0 Å². The summed E-state index contributed by atoms with van der Waals surface area (Å²) in [6.07, 6.45) is 0.378. The molecule has 0 saturated carbocycles. The summed E-state index contributed by atoms with van der Waals surface area (Å²) in [4.78, 5) is 0. The average Bonchev–Trinajstić information content (AvgIpc) is 3.24. The van der Waals surface area contributed by atoms with Crippen LogP contribution in [0, 0.1) is 0 Å². The number of rotatable bonds is 4. The van der Waals surface area contributed by atoms with Gasteiger partial charge in [-0.15, -0.1) is 0 Å². The number of halogens is 3. The van der Waals surface area contributed by atoms with E-state index in [4.69, 9.17) is 19.3 Å². The molecule has 5 rings (SSSR count). The number of hydrogen-bond acceptors (Lipinski definition) is 5. The molecule has 8 heteroatoms. The second kappa shape index (κ2) is 8.72. The highest BCUT2D eigenvalue weighted by molar-refractivity contribution is 9.11. The molecule has 0 unspecified atom stereocenters. The molecular weight excluding hydrogens is 604 g/mol. The maximum Gasteiger partial charge on any atom is 0.214 e. The highest BCUT2D eigenvalue weighted by Crippen LogP contribution is 2.51. The van der Waals surface area contributed by atoms with Crippen molar-refractivity contribution in [3.63, 3.8) is 0 Å². The van der Waals surface area contributed by atoms with Gasteiger partial charge in [-0.2, -0.15) is 5.10 Å². The van der Waals surface area contributed by atoms with E-state index in [1.54, 1.807) is 14.2 Å². The fraction of sp³-hybridized carbons (Fsp3) is 0.208. The standard InChI is InChI=1S/C24H19Br3N2O3/c1-30-21-8-5-14(9-22(21)31-2)24-29-20(17-10-16(26)11-18(27)23(17)32-24)12-19(28-29)13-3-6-15(25)7-4-13/h3-11,20,24H,12H2,1-2H3/t20-,24+/m0/s1. The Kier molecular flexibility index (Phi) is 5.94. The lowest BCUT2D eigenvalue weighted by Gasteiger charge is -2.38. The highest BCUT2D eigenvalue weighted by Gasteiger charge is 2.42. The van der Waals surface area contributed by atoms with Gasteiger partial charge in [0.1, 0.15) is 5.75 Å². The van der Waals surface area contributed by atoms with Gasteiger partial charge in [0.2, 0.25) is 6.23 Å². The molecule has 0 fully saturated rings. The van der Waals surface area contributed by atoms with Gasteiger partial charge in [0.05, 0.1) is 30.4 Å². The van der Waals surface area contributed by atoms with Crippen LogP contribution in [0.4, 0.5) is 0 Å². The van der Waals surface area contributed by atoms with Gasteiger partial charge in [0, 0.05) is 26.5 Å². The number of hydrogen-bond donors (Lipinski definition) is 0. The quantitative estimate of drug-likeness (QED) is 0.308. The lowest BCUT2D eigenvalue weighted by Crippen LogP contribution is -2.34. The summed E-state index contributed by atoms with van der Waals surface area (Å²) in [7, 11) is 3.26. The monoisotopic (exact) mass is 620 g/mol. The summed E-state index contributed by atoms with van der Waals surface area (Å²) in [5, 5.41) is 7.09. The molecule has 3 aromatic carbocycles. The van der Waals surface area contributed by atoms with E-state index in [-0.39, 0.29) is 6.04 Å². The molecule has 0 spiro atoms. The average molecular weight is 623 g/mol. The first kappa shape index (κ1) is 21.8. The predicted octanol–water partition coefficient (Wildman–Crippen LogP) is 7.23. The maximum atomic E-state index is 6.54. The molecule has 0 bridgehead atoms. The Morgan fingerprint density at radius 1 is 0.906 bits per heavy atom. The van der Waals surface area contributed by atoms with Crippen molar-refractivity contribution < 1.29 is 14.2 Å². The van der Waals surface area contributed by atoms with E-state index in [0.29, 0.717) is 11.5 Å². The molecule has 0 radical (unpaired) electrons. The van der Waals surface area contributed by atoms with Crippen LogP contribution in [-0.2, 0) is 0 Å². The van der Waals surface area contributed by atoms with Crippen molar-refractivity contribution in [3.05, 3.63) is 84.7 Å². The van der Waals surface area contributed by atoms with Crippen molar-refractivity contribution in [2.75, 3.05) is 14.2 Å². The molecular formula is C24H19Br3N2O3. The summed E-state index contributed by atoms with van der Waals surface area (Å²) in [5.41, 5.74) is 4.16. The van der Waals surface area contributed by atoms with Crippen LogP contribution in [0.2, 0.25) is 0 Å². The van der Waals surface area contributed by atoms with Gasteiger partial charge in [0.25, 0.3) is 0 Å². The van der Waals surface area contributed by atoms with Crippen LogP contribution in [0.3, 0.4) is 0 Å². The molecule has 32 heavy (non-hydrogen) atoms. The van der Waals surface area contributed by atoms with Crippen molar-refractivity contribution in [2.45, 2.75) is 18.7 Å². The molecule has 0 saturated heterocycles. The van der Waals surface area contributed by atoms with E-state index in [2.05, 4.69) is 71.0 Å².